The maximum atomic E-state index is 12.9. The van der Waals surface area contributed by atoms with Crippen LogP contribution in [-0.4, -0.2) is 30.9 Å². The second-order valence-electron chi connectivity index (χ2n) is 6.52. The fourth-order valence-corrected chi connectivity index (χ4v) is 3.50. The third-order valence-corrected chi connectivity index (χ3v) is 5.35. The molecule has 1 heterocycles. The number of nitrogens with one attached hydrogen (secondary N) is 1. The Bertz CT molecular complexity index is 495. The molecule has 1 amide bonds. The summed E-state index contributed by atoms with van der Waals surface area (Å²) in [6.07, 6.45) is 2.30. The van der Waals surface area contributed by atoms with Gasteiger partial charge < -0.3 is 10.2 Å². The molecule has 116 valence electrons. The zero-order valence-electron chi connectivity index (χ0n) is 13.2. The molecule has 0 bridgehead atoms. The van der Waals surface area contributed by atoms with Gasteiger partial charge in [-0.15, -0.1) is 0 Å². The van der Waals surface area contributed by atoms with E-state index in [1.807, 2.05) is 30.1 Å². The molecule has 1 fully saturated rings. The largest absolute Gasteiger partial charge is 0.341 e. The Hall–Kier alpha value is -0.870. The number of halogens is 1. The number of hydrogen-bond acceptors (Lipinski definition) is 2. The van der Waals surface area contributed by atoms with Crippen LogP contribution in [0.3, 0.4) is 0 Å². The van der Waals surface area contributed by atoms with Gasteiger partial charge in [-0.2, -0.15) is 0 Å². The zero-order valence-corrected chi connectivity index (χ0v) is 14.7. The smallest absolute Gasteiger partial charge is 0.228 e. The minimum absolute atomic E-state index is 0.229. The lowest BCUT2D eigenvalue weighted by atomic mass is 9.74. The van der Waals surface area contributed by atoms with Crippen LogP contribution in [0.15, 0.2) is 28.7 Å². The van der Waals surface area contributed by atoms with E-state index in [1.165, 1.54) is 0 Å². The number of rotatable bonds is 4. The number of amides is 1. The highest BCUT2D eigenvalue weighted by molar-refractivity contribution is 9.10. The number of hydrogen-bond donors (Lipinski definition) is 1. The number of nitrogens with zero attached hydrogens (tertiary/aromatic N) is 1. The van der Waals surface area contributed by atoms with Gasteiger partial charge in [-0.05, 0) is 43.5 Å². The summed E-state index contributed by atoms with van der Waals surface area (Å²) in [5.41, 5.74) is 0.828. The number of benzene rings is 1. The minimum Gasteiger partial charge on any atom is -0.341 e. The highest BCUT2D eigenvalue weighted by Crippen LogP contribution is 2.34. The predicted octanol–water partition coefficient (Wildman–Crippen LogP) is 3.43. The van der Waals surface area contributed by atoms with E-state index in [4.69, 9.17) is 0 Å². The van der Waals surface area contributed by atoms with Crippen molar-refractivity contribution in [2.45, 2.75) is 33.2 Å². The highest BCUT2D eigenvalue weighted by atomic mass is 79.9. The molecule has 1 aromatic rings. The molecule has 1 saturated heterocycles. The maximum absolute atomic E-state index is 12.9. The normalized spacial score (nSPS) is 19.3. The average Bonchev–Trinajstić information content (AvgIpc) is 2.49. The molecule has 1 aromatic carbocycles. The predicted molar refractivity (Wildman–Crippen MR) is 90.0 cm³/mol. The Morgan fingerprint density at radius 2 is 2.14 bits per heavy atom. The quantitative estimate of drug-likeness (QED) is 0.900. The summed E-state index contributed by atoms with van der Waals surface area (Å²) >= 11 is 3.55. The monoisotopic (exact) mass is 352 g/mol. The molecule has 21 heavy (non-hydrogen) atoms. The van der Waals surface area contributed by atoms with E-state index in [2.05, 4.69) is 41.2 Å². The van der Waals surface area contributed by atoms with Crippen LogP contribution in [0.2, 0.25) is 0 Å². The first-order valence-electron chi connectivity index (χ1n) is 7.62. The van der Waals surface area contributed by atoms with Crippen molar-refractivity contribution in [2.24, 2.45) is 11.3 Å². The van der Waals surface area contributed by atoms with Crippen molar-refractivity contribution in [3.05, 3.63) is 34.3 Å². The van der Waals surface area contributed by atoms with Gasteiger partial charge in [0.05, 0.1) is 0 Å². The first-order valence-corrected chi connectivity index (χ1v) is 8.42. The molecular formula is C17H25BrN2O. The van der Waals surface area contributed by atoms with Crippen LogP contribution in [0.1, 0.15) is 32.3 Å². The summed E-state index contributed by atoms with van der Waals surface area (Å²) in [5, 5.41) is 3.42. The third-order valence-electron chi connectivity index (χ3n) is 4.58. The average molecular weight is 353 g/mol. The van der Waals surface area contributed by atoms with Gasteiger partial charge in [0.2, 0.25) is 5.91 Å². The Labute approximate surface area is 136 Å². The molecule has 0 spiro atoms. The van der Waals surface area contributed by atoms with E-state index in [9.17, 15) is 4.79 Å². The zero-order chi connectivity index (χ0) is 15.5. The number of piperidine rings is 1. The van der Waals surface area contributed by atoms with E-state index in [0.29, 0.717) is 12.5 Å². The number of carbonyl (C=O) groups excluding carboxylic acids is 1. The second-order valence-corrected chi connectivity index (χ2v) is 7.37. The lowest BCUT2D eigenvalue weighted by Gasteiger charge is -2.38. The molecule has 1 atom stereocenters. The first kappa shape index (κ1) is 16.5. The van der Waals surface area contributed by atoms with Gasteiger partial charge in [-0.3, -0.25) is 4.79 Å². The van der Waals surface area contributed by atoms with Crippen LogP contribution < -0.4 is 5.32 Å². The molecule has 2 rings (SSSR count). The molecule has 0 aliphatic carbocycles. The van der Waals surface area contributed by atoms with Gasteiger partial charge in [-0.25, -0.2) is 0 Å². The van der Waals surface area contributed by atoms with Crippen molar-refractivity contribution in [1.82, 2.24) is 10.2 Å². The number of carbonyl (C=O) groups is 1. The summed E-state index contributed by atoms with van der Waals surface area (Å²) in [7, 11) is 1.90. The van der Waals surface area contributed by atoms with Crippen LogP contribution >= 0.6 is 15.9 Å². The van der Waals surface area contributed by atoms with E-state index in [1.54, 1.807) is 0 Å². The van der Waals surface area contributed by atoms with Crippen molar-refractivity contribution in [1.29, 1.82) is 0 Å². The summed E-state index contributed by atoms with van der Waals surface area (Å²) in [6.45, 7) is 6.84. The summed E-state index contributed by atoms with van der Waals surface area (Å²) in [6, 6.07) is 8.08. The Morgan fingerprint density at radius 1 is 1.43 bits per heavy atom. The Morgan fingerprint density at radius 3 is 2.76 bits per heavy atom. The van der Waals surface area contributed by atoms with E-state index >= 15 is 0 Å². The van der Waals surface area contributed by atoms with E-state index < -0.39 is 0 Å². The molecule has 0 aromatic heterocycles. The minimum atomic E-state index is -0.316. The van der Waals surface area contributed by atoms with Crippen molar-refractivity contribution in [3.63, 3.8) is 0 Å². The molecule has 1 unspecified atom stereocenters. The lowest BCUT2D eigenvalue weighted by molar-refractivity contribution is -0.143. The van der Waals surface area contributed by atoms with Gasteiger partial charge in [0, 0.05) is 23.5 Å². The van der Waals surface area contributed by atoms with Crippen molar-refractivity contribution < 1.29 is 4.79 Å². The van der Waals surface area contributed by atoms with Crippen molar-refractivity contribution >= 4 is 21.8 Å². The Kier molecular flexibility index (Phi) is 5.44. The molecular weight excluding hydrogens is 328 g/mol. The SMILES string of the molecule is CN(Cc1ccccc1Br)C(=O)C(C)(C)C1CCCNC1. The summed E-state index contributed by atoms with van der Waals surface area (Å²) in [4.78, 5) is 14.7. The molecule has 0 radical (unpaired) electrons. The van der Waals surface area contributed by atoms with Gasteiger partial charge in [-0.1, -0.05) is 48.0 Å². The molecule has 1 N–H and O–H groups in total. The molecule has 1 aliphatic rings. The van der Waals surface area contributed by atoms with Crippen molar-refractivity contribution in [3.8, 4) is 0 Å². The molecule has 0 saturated carbocycles. The lowest BCUT2D eigenvalue weighted by Crippen LogP contribution is -2.47. The summed E-state index contributed by atoms with van der Waals surface area (Å²) in [5.74, 6) is 0.646. The first-order chi connectivity index (χ1) is 9.93. The van der Waals surface area contributed by atoms with E-state index in [-0.39, 0.29) is 11.3 Å². The molecule has 3 nitrogen and oxygen atoms in total. The van der Waals surface area contributed by atoms with Gasteiger partial charge in [0.15, 0.2) is 0 Å². The maximum Gasteiger partial charge on any atom is 0.228 e. The van der Waals surface area contributed by atoms with Gasteiger partial charge in [0.1, 0.15) is 0 Å². The highest BCUT2D eigenvalue weighted by Gasteiger charge is 2.38. The molecule has 1 aliphatic heterocycles. The van der Waals surface area contributed by atoms with Gasteiger partial charge >= 0.3 is 0 Å². The standard InChI is InChI=1S/C17H25BrN2O/c1-17(2,14-8-6-10-19-11-14)16(21)20(3)12-13-7-4-5-9-15(13)18/h4-5,7,9,14,19H,6,8,10-12H2,1-3H3. The topological polar surface area (TPSA) is 32.3 Å². The van der Waals surface area contributed by atoms with Crippen LogP contribution in [-0.2, 0) is 11.3 Å². The fraction of sp³-hybridized carbons (Fsp3) is 0.588. The van der Waals surface area contributed by atoms with Crippen LogP contribution in [0, 0.1) is 11.3 Å². The Balaban J connectivity index is 2.05. The van der Waals surface area contributed by atoms with Crippen molar-refractivity contribution in [2.75, 3.05) is 20.1 Å². The van der Waals surface area contributed by atoms with Crippen LogP contribution in [0.4, 0.5) is 0 Å². The van der Waals surface area contributed by atoms with Gasteiger partial charge in [0.25, 0.3) is 0 Å². The molecule has 4 heteroatoms. The third kappa shape index (κ3) is 3.86. The fourth-order valence-electron chi connectivity index (χ4n) is 3.09. The van der Waals surface area contributed by atoms with Crippen LogP contribution in [0.5, 0.6) is 0 Å². The van der Waals surface area contributed by atoms with E-state index in [0.717, 1.165) is 36.0 Å². The van der Waals surface area contributed by atoms with Crippen LogP contribution in [0.25, 0.3) is 0 Å². The second kappa shape index (κ2) is 6.93. The summed E-state index contributed by atoms with van der Waals surface area (Å²) < 4.78 is 1.06.